The summed E-state index contributed by atoms with van der Waals surface area (Å²) in [6.45, 7) is 0.874. The lowest BCUT2D eigenvalue weighted by molar-refractivity contribution is -0.159. The number of amides is 2. The predicted octanol–water partition coefficient (Wildman–Crippen LogP) is 5.38. The van der Waals surface area contributed by atoms with Gasteiger partial charge in [0.15, 0.2) is 0 Å². The van der Waals surface area contributed by atoms with Gasteiger partial charge in [0, 0.05) is 17.1 Å². The van der Waals surface area contributed by atoms with Crippen LogP contribution in [-0.4, -0.2) is 40.7 Å². The van der Waals surface area contributed by atoms with Gasteiger partial charge in [-0.05, 0) is 62.6 Å². The van der Waals surface area contributed by atoms with Gasteiger partial charge in [-0.15, -0.1) is 0 Å². The van der Waals surface area contributed by atoms with E-state index in [0.29, 0.717) is 6.54 Å². The molecule has 3 aliphatic rings. The van der Waals surface area contributed by atoms with Crippen LogP contribution < -0.4 is 0 Å². The largest absolute Gasteiger partial charge is 0.328 e. The van der Waals surface area contributed by atoms with E-state index in [1.165, 1.54) is 24.8 Å². The van der Waals surface area contributed by atoms with E-state index in [1.807, 2.05) is 34.1 Å². The molecule has 4 nitrogen and oxygen atoms in total. The number of carbonyl (C=O) groups excluding carboxylic acids is 2. The summed E-state index contributed by atoms with van der Waals surface area (Å²) in [5, 5.41) is 0. The molecule has 0 unspecified atom stereocenters. The number of allylic oxidation sites excluding steroid dienone is 1. The fraction of sp³-hybridized carbons (Fsp3) is 0.583. The average molecular weight is 459 g/mol. The predicted molar refractivity (Wildman–Crippen MR) is 118 cm³/mol. The van der Waals surface area contributed by atoms with Gasteiger partial charge in [-0.25, -0.2) is 0 Å². The van der Waals surface area contributed by atoms with Gasteiger partial charge in [0.1, 0.15) is 12.6 Å². The SMILES string of the molecule is O=C1[C@H](c2cccc(Br)c2)N(CCC2=CCCCC2)C(=O)CN1C1CCCCC1. The van der Waals surface area contributed by atoms with Crippen molar-refractivity contribution < 1.29 is 9.59 Å². The van der Waals surface area contributed by atoms with Gasteiger partial charge in [-0.1, -0.05) is 59.0 Å². The number of hydrogen-bond donors (Lipinski definition) is 0. The Morgan fingerprint density at radius 1 is 1.03 bits per heavy atom. The quantitative estimate of drug-likeness (QED) is 0.555. The molecule has 0 spiro atoms. The summed E-state index contributed by atoms with van der Waals surface area (Å²) in [6.07, 6.45) is 13.6. The molecule has 0 bridgehead atoms. The molecular weight excluding hydrogens is 428 g/mol. The van der Waals surface area contributed by atoms with E-state index in [-0.39, 0.29) is 24.4 Å². The van der Waals surface area contributed by atoms with Crippen molar-refractivity contribution in [2.45, 2.75) is 76.3 Å². The number of halogens is 1. The second kappa shape index (κ2) is 9.46. The zero-order valence-electron chi connectivity index (χ0n) is 17.1. The van der Waals surface area contributed by atoms with Crippen LogP contribution in [0.25, 0.3) is 0 Å². The highest BCUT2D eigenvalue weighted by Crippen LogP contribution is 2.34. The second-order valence-corrected chi connectivity index (χ2v) is 9.58. The topological polar surface area (TPSA) is 40.6 Å². The molecule has 1 saturated carbocycles. The van der Waals surface area contributed by atoms with Crippen molar-refractivity contribution in [3.05, 3.63) is 46.0 Å². The van der Waals surface area contributed by atoms with Gasteiger partial charge in [0.05, 0.1) is 0 Å². The number of carbonyl (C=O) groups is 2. The molecule has 2 fully saturated rings. The maximum absolute atomic E-state index is 13.6. The fourth-order valence-electron chi connectivity index (χ4n) is 5.10. The highest BCUT2D eigenvalue weighted by atomic mass is 79.9. The zero-order valence-corrected chi connectivity index (χ0v) is 18.7. The van der Waals surface area contributed by atoms with Crippen molar-refractivity contribution in [1.82, 2.24) is 9.80 Å². The number of benzene rings is 1. The molecule has 0 aromatic heterocycles. The Bertz CT molecular complexity index is 785. The average Bonchev–Trinajstić information content (AvgIpc) is 2.75. The van der Waals surface area contributed by atoms with Crippen LogP contribution in [0.5, 0.6) is 0 Å². The van der Waals surface area contributed by atoms with Crippen LogP contribution in [-0.2, 0) is 9.59 Å². The summed E-state index contributed by atoms with van der Waals surface area (Å²) in [5.74, 6) is 0.198. The fourth-order valence-corrected chi connectivity index (χ4v) is 5.52. The number of hydrogen-bond acceptors (Lipinski definition) is 2. The monoisotopic (exact) mass is 458 g/mol. The molecule has 1 aromatic rings. The lowest BCUT2D eigenvalue weighted by Crippen LogP contribution is -2.58. The minimum Gasteiger partial charge on any atom is -0.328 e. The summed E-state index contributed by atoms with van der Waals surface area (Å²) in [5.41, 5.74) is 2.36. The summed E-state index contributed by atoms with van der Waals surface area (Å²) >= 11 is 3.54. The summed E-state index contributed by atoms with van der Waals surface area (Å²) in [6, 6.07) is 7.62. The third-order valence-corrected chi connectivity index (χ3v) is 7.19. The molecule has 0 N–H and O–H groups in total. The standard InChI is InChI=1S/C24H31BrN2O2/c25-20-11-7-10-19(16-20)23-24(29)27(21-12-5-2-6-13-21)17-22(28)26(23)15-14-18-8-3-1-4-9-18/h7-8,10-11,16,21,23H,1-6,9,12-15,17H2/t23-/m0/s1. The summed E-state index contributed by atoms with van der Waals surface area (Å²) in [4.78, 5) is 30.6. The second-order valence-electron chi connectivity index (χ2n) is 8.66. The van der Waals surface area contributed by atoms with Crippen molar-refractivity contribution in [2.24, 2.45) is 0 Å². The van der Waals surface area contributed by atoms with Crippen LogP contribution >= 0.6 is 15.9 Å². The maximum Gasteiger partial charge on any atom is 0.250 e. The highest BCUT2D eigenvalue weighted by molar-refractivity contribution is 9.10. The molecule has 1 atom stereocenters. The van der Waals surface area contributed by atoms with E-state index in [2.05, 4.69) is 22.0 Å². The Labute approximate surface area is 182 Å². The molecule has 1 aliphatic heterocycles. The first-order chi connectivity index (χ1) is 14.1. The highest BCUT2D eigenvalue weighted by Gasteiger charge is 2.42. The first kappa shape index (κ1) is 20.6. The lowest BCUT2D eigenvalue weighted by Gasteiger charge is -2.44. The lowest BCUT2D eigenvalue weighted by atomic mass is 9.91. The Hall–Kier alpha value is -1.62. The molecular formula is C24H31BrN2O2. The third kappa shape index (κ3) is 4.76. The first-order valence-electron chi connectivity index (χ1n) is 11.2. The normalized spacial score (nSPS) is 24.0. The van der Waals surface area contributed by atoms with Gasteiger partial charge < -0.3 is 9.80 Å². The molecule has 1 aromatic carbocycles. The van der Waals surface area contributed by atoms with Gasteiger partial charge in [-0.3, -0.25) is 9.59 Å². The zero-order chi connectivity index (χ0) is 20.2. The van der Waals surface area contributed by atoms with E-state index in [0.717, 1.165) is 55.0 Å². The van der Waals surface area contributed by atoms with Gasteiger partial charge in [0.2, 0.25) is 5.91 Å². The Morgan fingerprint density at radius 2 is 1.86 bits per heavy atom. The Kier molecular flexibility index (Phi) is 6.74. The van der Waals surface area contributed by atoms with Gasteiger partial charge >= 0.3 is 0 Å². The van der Waals surface area contributed by atoms with Crippen molar-refractivity contribution in [1.29, 1.82) is 0 Å². The van der Waals surface area contributed by atoms with Crippen molar-refractivity contribution in [3.8, 4) is 0 Å². The molecule has 5 heteroatoms. The van der Waals surface area contributed by atoms with E-state index in [4.69, 9.17) is 0 Å². The maximum atomic E-state index is 13.6. The first-order valence-corrected chi connectivity index (χ1v) is 12.0. The van der Waals surface area contributed by atoms with Gasteiger partial charge in [0.25, 0.3) is 5.91 Å². The number of rotatable bonds is 5. The van der Waals surface area contributed by atoms with Crippen molar-refractivity contribution in [3.63, 3.8) is 0 Å². The summed E-state index contributed by atoms with van der Waals surface area (Å²) < 4.78 is 0.944. The van der Waals surface area contributed by atoms with Crippen LogP contribution in [0, 0.1) is 0 Å². The third-order valence-electron chi connectivity index (χ3n) is 6.69. The van der Waals surface area contributed by atoms with E-state index in [9.17, 15) is 9.59 Å². The van der Waals surface area contributed by atoms with Crippen LogP contribution in [0.3, 0.4) is 0 Å². The molecule has 4 rings (SSSR count). The van der Waals surface area contributed by atoms with Crippen LogP contribution in [0.2, 0.25) is 0 Å². The molecule has 29 heavy (non-hydrogen) atoms. The number of nitrogens with zero attached hydrogens (tertiary/aromatic N) is 2. The molecule has 2 amide bonds. The van der Waals surface area contributed by atoms with Crippen LogP contribution in [0.1, 0.15) is 75.8 Å². The molecule has 1 saturated heterocycles. The van der Waals surface area contributed by atoms with Crippen LogP contribution in [0.4, 0.5) is 0 Å². The van der Waals surface area contributed by atoms with Crippen molar-refractivity contribution >= 4 is 27.7 Å². The van der Waals surface area contributed by atoms with Crippen LogP contribution in [0.15, 0.2) is 40.4 Å². The van der Waals surface area contributed by atoms with E-state index in [1.54, 1.807) is 0 Å². The smallest absolute Gasteiger partial charge is 0.250 e. The van der Waals surface area contributed by atoms with Gasteiger partial charge in [-0.2, -0.15) is 0 Å². The van der Waals surface area contributed by atoms with Crippen molar-refractivity contribution in [2.75, 3.05) is 13.1 Å². The molecule has 1 heterocycles. The number of piperazine rings is 1. The molecule has 2 aliphatic carbocycles. The molecule has 0 radical (unpaired) electrons. The molecule has 156 valence electrons. The van der Waals surface area contributed by atoms with E-state index < -0.39 is 6.04 Å². The van der Waals surface area contributed by atoms with E-state index >= 15 is 0 Å². The summed E-state index contributed by atoms with van der Waals surface area (Å²) in [7, 11) is 0. The minimum absolute atomic E-state index is 0.0940. The Balaban J connectivity index is 1.59. The Morgan fingerprint density at radius 3 is 2.59 bits per heavy atom. The minimum atomic E-state index is -0.500.